The van der Waals surface area contributed by atoms with Crippen molar-refractivity contribution < 1.29 is 18.0 Å². The quantitative estimate of drug-likeness (QED) is 0.500. The number of nitrogens with zero attached hydrogens (tertiary/aromatic N) is 5. The van der Waals surface area contributed by atoms with E-state index < -0.39 is 17.8 Å². The second-order valence-electron chi connectivity index (χ2n) is 7.04. The van der Waals surface area contributed by atoms with E-state index in [0.29, 0.717) is 23.7 Å². The zero-order chi connectivity index (χ0) is 21.6. The van der Waals surface area contributed by atoms with Crippen LogP contribution in [0.4, 0.5) is 24.7 Å². The molecular weight excluding hydrogens is 399 g/mol. The number of hydrogen-bond donors (Lipinski definition) is 2. The van der Waals surface area contributed by atoms with E-state index >= 15 is 0 Å². The van der Waals surface area contributed by atoms with Gasteiger partial charge in [0, 0.05) is 11.3 Å². The molecule has 1 aliphatic heterocycles. The first-order valence-corrected chi connectivity index (χ1v) is 9.04. The summed E-state index contributed by atoms with van der Waals surface area (Å²) in [4.78, 5) is 18.1. The highest BCUT2D eigenvalue weighted by molar-refractivity contribution is 5.87. The number of benzene rings is 1. The van der Waals surface area contributed by atoms with Gasteiger partial charge in [-0.1, -0.05) is 6.58 Å². The van der Waals surface area contributed by atoms with Gasteiger partial charge < -0.3 is 16.0 Å². The molecule has 1 aromatic carbocycles. The second-order valence-corrected chi connectivity index (χ2v) is 7.04. The highest BCUT2D eigenvalue weighted by Gasteiger charge is 2.32. The average Bonchev–Trinajstić information content (AvgIpc) is 3.32. The second kappa shape index (κ2) is 7.01. The number of carbonyl (C=O) groups is 1. The van der Waals surface area contributed by atoms with Crippen LogP contribution in [0.1, 0.15) is 35.3 Å². The summed E-state index contributed by atoms with van der Waals surface area (Å²) in [6, 6.07) is 2.89. The molecule has 11 heteroatoms. The molecule has 2 aromatic heterocycles. The lowest BCUT2D eigenvalue weighted by atomic mass is 10.0. The Labute approximate surface area is 169 Å². The Morgan fingerprint density at radius 3 is 2.80 bits per heavy atom. The van der Waals surface area contributed by atoms with Gasteiger partial charge in [-0.15, -0.1) is 10.2 Å². The van der Waals surface area contributed by atoms with Crippen molar-refractivity contribution in [1.82, 2.24) is 24.5 Å². The fourth-order valence-corrected chi connectivity index (χ4v) is 3.49. The normalized spacial score (nSPS) is 14.6. The number of alkyl halides is 3. The number of fused-ring (bicyclic) bond motifs is 3. The third-order valence-corrected chi connectivity index (χ3v) is 5.00. The van der Waals surface area contributed by atoms with Crippen molar-refractivity contribution in [2.45, 2.75) is 32.2 Å². The van der Waals surface area contributed by atoms with Gasteiger partial charge in [0.2, 0.25) is 5.91 Å². The first-order valence-electron chi connectivity index (χ1n) is 9.04. The van der Waals surface area contributed by atoms with Gasteiger partial charge in [0.15, 0.2) is 0 Å². The standard InChI is InChI=1S/C19H18F3N7O/c1-3-16(30)28-7-14-15(8-28)29-9-24-27-18(29)26-17(14)25-10(2)11-4-12(19(20,21)22)6-13(23)5-11/h3-6,9-10H,1,7-8,23H2,2H3,(H,25,26,27). The number of nitrogens with one attached hydrogen (secondary N) is 1. The van der Waals surface area contributed by atoms with Gasteiger partial charge in [-0.25, -0.2) is 0 Å². The van der Waals surface area contributed by atoms with Gasteiger partial charge in [-0.3, -0.25) is 9.20 Å². The summed E-state index contributed by atoms with van der Waals surface area (Å²) in [7, 11) is 0. The van der Waals surface area contributed by atoms with Gasteiger partial charge in [0.1, 0.15) is 12.1 Å². The van der Waals surface area contributed by atoms with Crippen molar-refractivity contribution in [3.8, 4) is 0 Å². The van der Waals surface area contributed by atoms with Crippen LogP contribution in [-0.4, -0.2) is 30.4 Å². The molecule has 1 atom stereocenters. The van der Waals surface area contributed by atoms with Crippen molar-refractivity contribution in [2.24, 2.45) is 0 Å². The lowest BCUT2D eigenvalue weighted by Gasteiger charge is -2.19. The average molecular weight is 417 g/mol. The molecule has 0 saturated carbocycles. The van der Waals surface area contributed by atoms with E-state index in [0.717, 1.165) is 23.4 Å². The Morgan fingerprint density at radius 1 is 1.33 bits per heavy atom. The molecule has 0 aliphatic carbocycles. The number of anilines is 2. The molecule has 1 aliphatic rings. The number of carbonyl (C=O) groups excluding carboxylic acids is 1. The molecule has 3 heterocycles. The number of amides is 1. The lowest BCUT2D eigenvalue weighted by molar-refractivity contribution is -0.137. The van der Waals surface area contributed by atoms with Gasteiger partial charge in [0.25, 0.3) is 5.78 Å². The van der Waals surface area contributed by atoms with E-state index in [1.165, 1.54) is 18.5 Å². The molecule has 30 heavy (non-hydrogen) atoms. The molecule has 0 saturated heterocycles. The molecule has 1 amide bonds. The minimum Gasteiger partial charge on any atom is -0.399 e. The number of nitrogens with two attached hydrogens (primary N) is 1. The maximum Gasteiger partial charge on any atom is 0.416 e. The molecule has 1 unspecified atom stereocenters. The van der Waals surface area contributed by atoms with Crippen molar-refractivity contribution in [3.63, 3.8) is 0 Å². The first-order chi connectivity index (χ1) is 14.2. The van der Waals surface area contributed by atoms with E-state index in [4.69, 9.17) is 5.73 Å². The predicted molar refractivity (Wildman–Crippen MR) is 103 cm³/mol. The number of nitrogen functional groups attached to an aromatic ring is 1. The highest BCUT2D eigenvalue weighted by atomic mass is 19.4. The molecule has 3 N–H and O–H groups in total. The van der Waals surface area contributed by atoms with E-state index in [1.807, 2.05) is 0 Å². The Hall–Kier alpha value is -3.63. The lowest BCUT2D eigenvalue weighted by Crippen LogP contribution is -2.23. The van der Waals surface area contributed by atoms with Crippen molar-refractivity contribution >= 4 is 23.2 Å². The van der Waals surface area contributed by atoms with Crippen molar-refractivity contribution in [2.75, 3.05) is 11.1 Å². The van der Waals surface area contributed by atoms with E-state index in [2.05, 4.69) is 27.1 Å². The molecule has 0 radical (unpaired) electrons. The SMILES string of the molecule is C=CC(=O)N1Cc2c(NC(C)c3cc(N)cc(C(F)(F)F)c3)nc3nncn3c2C1. The van der Waals surface area contributed by atoms with Crippen LogP contribution in [0, 0.1) is 0 Å². The van der Waals surface area contributed by atoms with Crippen LogP contribution < -0.4 is 11.1 Å². The summed E-state index contributed by atoms with van der Waals surface area (Å²) in [5.41, 5.74) is 6.76. The molecular formula is C19H18F3N7O. The third-order valence-electron chi connectivity index (χ3n) is 5.00. The Morgan fingerprint density at radius 2 is 2.10 bits per heavy atom. The first kappa shape index (κ1) is 19.7. The summed E-state index contributed by atoms with van der Waals surface area (Å²) < 4.78 is 41.2. The third kappa shape index (κ3) is 3.42. The van der Waals surface area contributed by atoms with Crippen LogP contribution in [0.3, 0.4) is 0 Å². The molecule has 8 nitrogen and oxygen atoms in total. The van der Waals surface area contributed by atoms with E-state index in [9.17, 15) is 18.0 Å². The van der Waals surface area contributed by atoms with Crippen LogP contribution in [0.15, 0.2) is 37.2 Å². The Kier molecular flexibility index (Phi) is 4.60. The van der Waals surface area contributed by atoms with Gasteiger partial charge in [0.05, 0.1) is 30.4 Å². The molecule has 156 valence electrons. The summed E-state index contributed by atoms with van der Waals surface area (Å²) >= 11 is 0. The topological polar surface area (TPSA) is 101 Å². The summed E-state index contributed by atoms with van der Waals surface area (Å²) in [6.45, 7) is 5.81. The maximum atomic E-state index is 13.2. The molecule has 3 aromatic rings. The molecule has 0 spiro atoms. The highest BCUT2D eigenvalue weighted by Crippen LogP contribution is 2.35. The molecule has 0 bridgehead atoms. The van der Waals surface area contributed by atoms with Gasteiger partial charge in [-0.05, 0) is 36.8 Å². The summed E-state index contributed by atoms with van der Waals surface area (Å²) in [6.07, 6.45) is -1.77. The minimum atomic E-state index is -4.50. The van der Waals surface area contributed by atoms with E-state index in [-0.39, 0.29) is 18.1 Å². The minimum absolute atomic E-state index is 0.0160. The predicted octanol–water partition coefficient (Wildman–Crippen LogP) is 2.93. The summed E-state index contributed by atoms with van der Waals surface area (Å²) in [5, 5.41) is 11.0. The van der Waals surface area contributed by atoms with Gasteiger partial charge >= 0.3 is 6.18 Å². The fourth-order valence-electron chi connectivity index (χ4n) is 3.49. The smallest absolute Gasteiger partial charge is 0.399 e. The zero-order valence-corrected chi connectivity index (χ0v) is 15.9. The Balaban J connectivity index is 1.71. The van der Waals surface area contributed by atoms with Crippen LogP contribution in [0.5, 0.6) is 0 Å². The molecule has 0 fully saturated rings. The summed E-state index contributed by atoms with van der Waals surface area (Å²) in [5.74, 6) is 0.505. The Bertz CT molecular complexity index is 1150. The van der Waals surface area contributed by atoms with Crippen LogP contribution in [0.25, 0.3) is 5.78 Å². The van der Waals surface area contributed by atoms with Crippen LogP contribution in [-0.2, 0) is 24.1 Å². The van der Waals surface area contributed by atoms with Crippen molar-refractivity contribution in [1.29, 1.82) is 0 Å². The maximum absolute atomic E-state index is 13.2. The number of hydrogen-bond acceptors (Lipinski definition) is 6. The molecule has 4 rings (SSSR count). The number of aromatic nitrogens is 4. The van der Waals surface area contributed by atoms with Crippen LogP contribution >= 0.6 is 0 Å². The largest absolute Gasteiger partial charge is 0.416 e. The van der Waals surface area contributed by atoms with Crippen molar-refractivity contribution in [3.05, 3.63) is 59.6 Å². The van der Waals surface area contributed by atoms with E-state index in [1.54, 1.807) is 16.2 Å². The fraction of sp³-hybridized carbons (Fsp3) is 0.263. The van der Waals surface area contributed by atoms with Gasteiger partial charge in [-0.2, -0.15) is 18.2 Å². The monoisotopic (exact) mass is 417 g/mol. The van der Waals surface area contributed by atoms with Crippen LogP contribution in [0.2, 0.25) is 0 Å². The number of rotatable bonds is 4. The zero-order valence-electron chi connectivity index (χ0n) is 15.9. The number of halogens is 3.